The van der Waals surface area contributed by atoms with Crippen molar-refractivity contribution in [3.05, 3.63) is 12.2 Å². The van der Waals surface area contributed by atoms with Gasteiger partial charge in [0.2, 0.25) is 0 Å². The van der Waals surface area contributed by atoms with Crippen LogP contribution in [0.2, 0.25) is 0 Å². The highest BCUT2D eigenvalue weighted by molar-refractivity contribution is 5.70. The van der Waals surface area contributed by atoms with E-state index in [0.29, 0.717) is 0 Å². The average molecular weight is 195 g/mol. The number of rotatable bonds is 0. The number of hydrogen-bond acceptors (Lipinski definition) is 2. The molecule has 3 heteroatoms. The Balaban J connectivity index is 2.22. The molecule has 1 aliphatic carbocycles. The maximum atomic E-state index is 11.5. The van der Waals surface area contributed by atoms with Crippen molar-refractivity contribution in [2.24, 2.45) is 5.41 Å². The van der Waals surface area contributed by atoms with Crippen molar-refractivity contribution >= 4 is 6.09 Å². The van der Waals surface area contributed by atoms with Crippen LogP contribution in [0.4, 0.5) is 4.79 Å². The number of allylic oxidation sites excluding steroid dienone is 1. The summed E-state index contributed by atoms with van der Waals surface area (Å²) in [6, 6.07) is 0. The minimum atomic E-state index is -0.194. The lowest BCUT2D eigenvalue weighted by Crippen LogP contribution is -2.73. The molecular weight excluding hydrogens is 178 g/mol. The average Bonchev–Trinajstić information content (AvgIpc) is 2.17. The largest absolute Gasteiger partial charge is 0.453 e. The molecule has 2 aliphatic rings. The summed E-state index contributed by atoms with van der Waals surface area (Å²) >= 11 is 0. The van der Waals surface area contributed by atoms with E-state index in [2.05, 4.69) is 26.0 Å². The summed E-state index contributed by atoms with van der Waals surface area (Å²) in [7, 11) is 1.44. The first kappa shape index (κ1) is 9.56. The molecule has 1 aliphatic heterocycles. The second-order valence-corrected chi connectivity index (χ2v) is 4.77. The molecule has 14 heavy (non-hydrogen) atoms. The van der Waals surface area contributed by atoms with E-state index in [-0.39, 0.29) is 17.0 Å². The predicted octanol–water partition coefficient (Wildman–Crippen LogP) is 2.18. The second kappa shape index (κ2) is 2.75. The van der Waals surface area contributed by atoms with E-state index < -0.39 is 0 Å². The minimum absolute atomic E-state index is 0.0329. The van der Waals surface area contributed by atoms with Crippen LogP contribution in [0.5, 0.6) is 0 Å². The molecule has 0 aromatic heterocycles. The van der Waals surface area contributed by atoms with Gasteiger partial charge in [-0.3, -0.25) is 0 Å². The fourth-order valence-electron chi connectivity index (χ4n) is 2.60. The summed E-state index contributed by atoms with van der Waals surface area (Å²) < 4.78 is 4.78. The van der Waals surface area contributed by atoms with Crippen LogP contribution in [-0.2, 0) is 4.74 Å². The Bertz CT molecular complexity index is 300. The number of nitrogens with zero attached hydrogens (tertiary/aromatic N) is 1. The van der Waals surface area contributed by atoms with E-state index in [4.69, 9.17) is 4.74 Å². The van der Waals surface area contributed by atoms with Crippen LogP contribution < -0.4 is 0 Å². The van der Waals surface area contributed by atoms with Crippen molar-refractivity contribution in [2.75, 3.05) is 13.7 Å². The third-order valence-electron chi connectivity index (χ3n) is 4.05. The molecular formula is C11H17NO2. The molecule has 3 nitrogen and oxygen atoms in total. The van der Waals surface area contributed by atoms with Gasteiger partial charge in [-0.2, -0.15) is 0 Å². The number of hydrogen-bond donors (Lipinski definition) is 0. The molecule has 2 atom stereocenters. The van der Waals surface area contributed by atoms with Crippen molar-refractivity contribution in [3.8, 4) is 0 Å². The number of likely N-dealkylation sites (tertiary alicyclic amines) is 1. The van der Waals surface area contributed by atoms with Gasteiger partial charge in [-0.15, -0.1) is 0 Å². The van der Waals surface area contributed by atoms with Gasteiger partial charge in [0.25, 0.3) is 0 Å². The monoisotopic (exact) mass is 195 g/mol. The lowest BCUT2D eigenvalue weighted by molar-refractivity contribution is -0.120. The smallest absolute Gasteiger partial charge is 0.409 e. The van der Waals surface area contributed by atoms with Crippen LogP contribution in [0.1, 0.15) is 26.7 Å². The zero-order chi connectivity index (χ0) is 10.4. The summed E-state index contributed by atoms with van der Waals surface area (Å²) in [5, 5.41) is 0. The normalized spacial score (nSPS) is 40.1. The molecule has 1 heterocycles. The molecule has 1 amide bonds. The maximum absolute atomic E-state index is 11.5. The zero-order valence-electron chi connectivity index (χ0n) is 9.04. The Morgan fingerprint density at radius 3 is 2.57 bits per heavy atom. The van der Waals surface area contributed by atoms with E-state index in [1.807, 2.05) is 4.90 Å². The number of carbonyl (C=O) groups is 1. The molecule has 0 saturated carbocycles. The number of methoxy groups -OCH3 is 1. The highest BCUT2D eigenvalue weighted by Gasteiger charge is 2.60. The number of fused-ring (bicyclic) bond motifs is 1. The van der Waals surface area contributed by atoms with Crippen LogP contribution >= 0.6 is 0 Å². The van der Waals surface area contributed by atoms with E-state index in [1.165, 1.54) is 7.11 Å². The van der Waals surface area contributed by atoms with Gasteiger partial charge >= 0.3 is 6.09 Å². The molecule has 0 radical (unpaired) electrons. The van der Waals surface area contributed by atoms with E-state index in [9.17, 15) is 4.79 Å². The first-order valence-electron chi connectivity index (χ1n) is 5.04. The molecule has 1 fully saturated rings. The van der Waals surface area contributed by atoms with Crippen molar-refractivity contribution in [1.82, 2.24) is 4.90 Å². The molecule has 0 N–H and O–H groups in total. The minimum Gasteiger partial charge on any atom is -0.453 e. The van der Waals surface area contributed by atoms with Crippen molar-refractivity contribution < 1.29 is 9.53 Å². The van der Waals surface area contributed by atoms with Gasteiger partial charge < -0.3 is 9.64 Å². The molecule has 0 unspecified atom stereocenters. The molecule has 1 saturated heterocycles. The third-order valence-corrected chi connectivity index (χ3v) is 4.05. The molecule has 0 aromatic carbocycles. The summed E-state index contributed by atoms with van der Waals surface area (Å²) in [5.74, 6) is 0. The quantitative estimate of drug-likeness (QED) is 0.554. The Morgan fingerprint density at radius 1 is 1.36 bits per heavy atom. The van der Waals surface area contributed by atoms with Gasteiger partial charge in [0.1, 0.15) is 0 Å². The topological polar surface area (TPSA) is 29.5 Å². The highest BCUT2D eigenvalue weighted by Crippen LogP contribution is 2.53. The van der Waals surface area contributed by atoms with Crippen molar-refractivity contribution in [1.29, 1.82) is 0 Å². The van der Waals surface area contributed by atoms with Gasteiger partial charge in [-0.1, -0.05) is 19.1 Å². The maximum Gasteiger partial charge on any atom is 0.409 e. The van der Waals surface area contributed by atoms with Crippen LogP contribution in [0.15, 0.2) is 12.2 Å². The van der Waals surface area contributed by atoms with E-state index in [0.717, 1.165) is 19.4 Å². The Hall–Kier alpha value is -0.990. The zero-order valence-corrected chi connectivity index (χ0v) is 9.04. The van der Waals surface area contributed by atoms with Crippen molar-refractivity contribution in [2.45, 2.75) is 32.2 Å². The SMILES string of the molecule is COC(=O)N1C[C@]2(C)CC=CC[C@@]12C. The third kappa shape index (κ3) is 0.954. The second-order valence-electron chi connectivity index (χ2n) is 4.77. The first-order valence-corrected chi connectivity index (χ1v) is 5.04. The predicted molar refractivity (Wildman–Crippen MR) is 54.0 cm³/mol. The Morgan fingerprint density at radius 2 is 2.00 bits per heavy atom. The first-order chi connectivity index (χ1) is 6.53. The molecule has 0 aromatic rings. The number of ether oxygens (including phenoxy) is 1. The standard InChI is InChI=1S/C11H17NO2/c1-10-6-4-5-7-11(10,2)12(8-10)9(13)14-3/h4-5H,6-8H2,1-3H3/t10-,11+/m0/s1. The van der Waals surface area contributed by atoms with Gasteiger partial charge in [-0.05, 0) is 19.8 Å². The van der Waals surface area contributed by atoms with Gasteiger partial charge in [0, 0.05) is 12.0 Å². The van der Waals surface area contributed by atoms with Crippen LogP contribution in [0.3, 0.4) is 0 Å². The van der Waals surface area contributed by atoms with Gasteiger partial charge in [0.05, 0.1) is 12.6 Å². The fourth-order valence-corrected chi connectivity index (χ4v) is 2.60. The van der Waals surface area contributed by atoms with Crippen molar-refractivity contribution in [3.63, 3.8) is 0 Å². The van der Waals surface area contributed by atoms with Gasteiger partial charge in [-0.25, -0.2) is 4.79 Å². The van der Waals surface area contributed by atoms with Crippen LogP contribution in [-0.4, -0.2) is 30.2 Å². The number of amides is 1. The fraction of sp³-hybridized carbons (Fsp3) is 0.727. The lowest BCUT2D eigenvalue weighted by Gasteiger charge is -2.64. The summed E-state index contributed by atoms with van der Waals surface area (Å²) in [6.45, 7) is 5.22. The van der Waals surface area contributed by atoms with Crippen LogP contribution in [0.25, 0.3) is 0 Å². The lowest BCUT2D eigenvalue weighted by atomic mass is 9.58. The summed E-state index contributed by atoms with van der Waals surface area (Å²) in [5.41, 5.74) is 0.213. The van der Waals surface area contributed by atoms with E-state index in [1.54, 1.807) is 0 Å². The molecule has 0 bridgehead atoms. The van der Waals surface area contributed by atoms with Gasteiger partial charge in [0.15, 0.2) is 0 Å². The summed E-state index contributed by atoms with van der Waals surface area (Å²) in [6.07, 6.45) is 6.20. The summed E-state index contributed by atoms with van der Waals surface area (Å²) in [4.78, 5) is 13.3. The van der Waals surface area contributed by atoms with E-state index >= 15 is 0 Å². The molecule has 0 spiro atoms. The molecule has 2 rings (SSSR count). The number of carbonyl (C=O) groups excluding carboxylic acids is 1. The molecule has 78 valence electrons. The van der Waals surface area contributed by atoms with Crippen LogP contribution in [0, 0.1) is 5.41 Å². The Kier molecular flexibility index (Phi) is 1.88. The highest BCUT2D eigenvalue weighted by atomic mass is 16.5. The Labute approximate surface area is 84.7 Å².